The van der Waals surface area contributed by atoms with Gasteiger partial charge in [-0.1, -0.05) is 15.9 Å². The summed E-state index contributed by atoms with van der Waals surface area (Å²) in [4.78, 5) is 24.8. The van der Waals surface area contributed by atoms with Crippen LogP contribution in [0.25, 0.3) is 0 Å². The van der Waals surface area contributed by atoms with E-state index in [4.69, 9.17) is 0 Å². The van der Waals surface area contributed by atoms with Crippen molar-refractivity contribution in [3.63, 3.8) is 0 Å². The van der Waals surface area contributed by atoms with Gasteiger partial charge in [-0.05, 0) is 44.2 Å². The SMILES string of the molecule is Cc1cc(C(=O)N2CCCC(CCBr)C2)ccc1[N+](=O)[O-]. The maximum Gasteiger partial charge on any atom is 0.272 e. The fourth-order valence-electron chi connectivity index (χ4n) is 2.82. The lowest BCUT2D eigenvalue weighted by Gasteiger charge is -2.32. The van der Waals surface area contributed by atoms with Crippen molar-refractivity contribution in [2.45, 2.75) is 26.2 Å². The van der Waals surface area contributed by atoms with Crippen LogP contribution in [0, 0.1) is 23.0 Å². The Kier molecular flexibility index (Phi) is 5.33. The van der Waals surface area contributed by atoms with E-state index in [2.05, 4.69) is 15.9 Å². The molecule has 5 nitrogen and oxygen atoms in total. The van der Waals surface area contributed by atoms with Crippen LogP contribution in [0.3, 0.4) is 0 Å². The van der Waals surface area contributed by atoms with Gasteiger partial charge in [0, 0.05) is 35.6 Å². The topological polar surface area (TPSA) is 63.5 Å². The fourth-order valence-corrected chi connectivity index (χ4v) is 3.46. The van der Waals surface area contributed by atoms with Gasteiger partial charge in [-0.2, -0.15) is 0 Å². The molecule has 0 spiro atoms. The number of hydrogen-bond acceptors (Lipinski definition) is 3. The van der Waals surface area contributed by atoms with Gasteiger partial charge in [-0.25, -0.2) is 0 Å². The molecule has 21 heavy (non-hydrogen) atoms. The van der Waals surface area contributed by atoms with Crippen LogP contribution in [0.2, 0.25) is 0 Å². The maximum atomic E-state index is 12.5. The second kappa shape index (κ2) is 7.02. The van der Waals surface area contributed by atoms with E-state index in [1.54, 1.807) is 19.1 Å². The van der Waals surface area contributed by atoms with Gasteiger partial charge in [0.2, 0.25) is 0 Å². The first kappa shape index (κ1) is 15.9. The van der Waals surface area contributed by atoms with Crippen molar-refractivity contribution in [2.75, 3.05) is 18.4 Å². The molecule has 6 heteroatoms. The Balaban J connectivity index is 2.12. The van der Waals surface area contributed by atoms with Crippen molar-refractivity contribution in [3.05, 3.63) is 39.4 Å². The predicted octanol–water partition coefficient (Wildman–Crippen LogP) is 3.54. The summed E-state index contributed by atoms with van der Waals surface area (Å²) >= 11 is 3.45. The zero-order chi connectivity index (χ0) is 15.4. The zero-order valence-electron chi connectivity index (χ0n) is 12.0. The van der Waals surface area contributed by atoms with Crippen molar-refractivity contribution >= 4 is 27.5 Å². The monoisotopic (exact) mass is 354 g/mol. The Morgan fingerprint density at radius 2 is 2.29 bits per heavy atom. The maximum absolute atomic E-state index is 12.5. The molecule has 0 aliphatic carbocycles. The summed E-state index contributed by atoms with van der Waals surface area (Å²) in [6.45, 7) is 3.22. The molecule has 1 aromatic carbocycles. The van der Waals surface area contributed by atoms with Crippen LogP contribution in [-0.2, 0) is 0 Å². The second-order valence-corrected chi connectivity index (χ2v) is 6.29. The molecule has 1 saturated heterocycles. The first-order valence-electron chi connectivity index (χ1n) is 7.13. The summed E-state index contributed by atoms with van der Waals surface area (Å²) in [5, 5.41) is 11.8. The summed E-state index contributed by atoms with van der Waals surface area (Å²) in [7, 11) is 0. The number of hydrogen-bond donors (Lipinski definition) is 0. The minimum Gasteiger partial charge on any atom is -0.338 e. The Morgan fingerprint density at radius 1 is 1.52 bits per heavy atom. The molecule has 1 fully saturated rings. The number of halogens is 1. The number of nitrogens with zero attached hydrogens (tertiary/aromatic N) is 2. The van der Waals surface area contributed by atoms with E-state index >= 15 is 0 Å². The van der Waals surface area contributed by atoms with E-state index in [9.17, 15) is 14.9 Å². The summed E-state index contributed by atoms with van der Waals surface area (Å²) in [5.41, 5.74) is 1.12. The van der Waals surface area contributed by atoms with Crippen LogP contribution < -0.4 is 0 Å². The van der Waals surface area contributed by atoms with Gasteiger partial charge in [-0.3, -0.25) is 14.9 Å². The van der Waals surface area contributed by atoms with Crippen LogP contribution in [0.5, 0.6) is 0 Å². The largest absolute Gasteiger partial charge is 0.338 e. The average Bonchev–Trinajstić information content (AvgIpc) is 2.46. The number of piperidine rings is 1. The zero-order valence-corrected chi connectivity index (χ0v) is 13.6. The van der Waals surface area contributed by atoms with Crippen LogP contribution in [0.15, 0.2) is 18.2 Å². The van der Waals surface area contributed by atoms with Crippen molar-refractivity contribution in [1.82, 2.24) is 4.90 Å². The quantitative estimate of drug-likeness (QED) is 0.471. The number of benzene rings is 1. The number of likely N-dealkylation sites (tertiary alicyclic amines) is 1. The molecular formula is C15H19BrN2O3. The van der Waals surface area contributed by atoms with Crippen molar-refractivity contribution in [1.29, 1.82) is 0 Å². The summed E-state index contributed by atoms with van der Waals surface area (Å²) < 4.78 is 0. The minimum atomic E-state index is -0.420. The number of nitro groups is 1. The van der Waals surface area contributed by atoms with Gasteiger partial charge in [-0.15, -0.1) is 0 Å². The number of rotatable bonds is 4. The Hall–Kier alpha value is -1.43. The lowest BCUT2D eigenvalue weighted by Crippen LogP contribution is -2.40. The lowest BCUT2D eigenvalue weighted by atomic mass is 9.95. The van der Waals surface area contributed by atoms with Gasteiger partial charge in [0.25, 0.3) is 11.6 Å². The molecule has 1 aliphatic heterocycles. The normalized spacial score (nSPS) is 18.6. The Bertz CT molecular complexity index is 546. The number of nitro benzene ring substituents is 1. The molecule has 1 amide bonds. The molecular weight excluding hydrogens is 336 g/mol. The van der Waals surface area contributed by atoms with Crippen molar-refractivity contribution < 1.29 is 9.72 Å². The fraction of sp³-hybridized carbons (Fsp3) is 0.533. The van der Waals surface area contributed by atoms with E-state index in [0.717, 1.165) is 37.7 Å². The molecule has 0 saturated carbocycles. The van der Waals surface area contributed by atoms with Crippen LogP contribution >= 0.6 is 15.9 Å². The summed E-state index contributed by atoms with van der Waals surface area (Å²) in [6.07, 6.45) is 3.26. The molecule has 0 bridgehead atoms. The van der Waals surface area contributed by atoms with Crippen LogP contribution in [-0.4, -0.2) is 34.2 Å². The molecule has 114 valence electrons. The smallest absolute Gasteiger partial charge is 0.272 e. The van der Waals surface area contributed by atoms with Crippen molar-refractivity contribution in [3.8, 4) is 0 Å². The highest BCUT2D eigenvalue weighted by atomic mass is 79.9. The predicted molar refractivity (Wildman–Crippen MR) is 84.9 cm³/mol. The van der Waals surface area contributed by atoms with Gasteiger partial charge in [0.1, 0.15) is 0 Å². The molecule has 1 heterocycles. The number of alkyl halides is 1. The molecule has 0 radical (unpaired) electrons. The van der Waals surface area contributed by atoms with Gasteiger partial charge >= 0.3 is 0 Å². The lowest BCUT2D eigenvalue weighted by molar-refractivity contribution is -0.385. The standard InChI is InChI=1S/C15H19BrN2O3/c1-11-9-13(4-5-14(11)18(20)21)15(19)17-8-2-3-12(10-17)6-7-16/h4-5,9,12H,2-3,6-8,10H2,1H3. The molecule has 1 aromatic rings. The van der Waals surface area contributed by atoms with E-state index in [1.807, 2.05) is 4.90 Å². The first-order valence-corrected chi connectivity index (χ1v) is 8.25. The Morgan fingerprint density at radius 3 is 2.90 bits per heavy atom. The summed E-state index contributed by atoms with van der Waals surface area (Å²) in [5.74, 6) is 0.522. The highest BCUT2D eigenvalue weighted by Crippen LogP contribution is 2.24. The molecule has 1 unspecified atom stereocenters. The molecule has 1 aliphatic rings. The minimum absolute atomic E-state index is 0.0210. The van der Waals surface area contributed by atoms with Gasteiger partial charge in [0.05, 0.1) is 4.92 Å². The number of aryl methyl sites for hydroxylation is 1. The van der Waals surface area contributed by atoms with Crippen molar-refractivity contribution in [2.24, 2.45) is 5.92 Å². The third-order valence-corrected chi connectivity index (χ3v) is 4.42. The van der Waals surface area contributed by atoms with Gasteiger partial charge in [0.15, 0.2) is 0 Å². The molecule has 2 rings (SSSR count). The first-order chi connectivity index (χ1) is 10.0. The third-order valence-electron chi connectivity index (χ3n) is 3.96. The van der Waals surface area contributed by atoms with Crippen LogP contribution in [0.4, 0.5) is 5.69 Å². The van der Waals surface area contributed by atoms with Gasteiger partial charge < -0.3 is 4.90 Å². The van der Waals surface area contributed by atoms with E-state index in [1.165, 1.54) is 6.07 Å². The average molecular weight is 355 g/mol. The van der Waals surface area contributed by atoms with Crippen LogP contribution in [0.1, 0.15) is 35.2 Å². The Labute approximate surface area is 132 Å². The second-order valence-electron chi connectivity index (χ2n) is 5.50. The summed E-state index contributed by atoms with van der Waals surface area (Å²) in [6, 6.07) is 4.60. The highest BCUT2D eigenvalue weighted by molar-refractivity contribution is 9.09. The molecule has 0 N–H and O–H groups in total. The molecule has 0 aromatic heterocycles. The number of amides is 1. The van der Waals surface area contributed by atoms with E-state index < -0.39 is 4.92 Å². The van der Waals surface area contributed by atoms with E-state index in [0.29, 0.717) is 17.0 Å². The molecule has 1 atom stereocenters. The number of carbonyl (C=O) groups excluding carboxylic acids is 1. The third kappa shape index (κ3) is 3.81. The number of carbonyl (C=O) groups is 1. The highest BCUT2D eigenvalue weighted by Gasteiger charge is 2.25. The van der Waals surface area contributed by atoms with E-state index in [-0.39, 0.29) is 11.6 Å².